The number of ether oxygens (including phenoxy) is 2. The maximum Gasteiger partial charge on any atom is 0.340 e. The molecule has 15 nitrogen and oxygen atoms in total. The van der Waals surface area contributed by atoms with Gasteiger partial charge in [-0.05, 0) is 60.0 Å². The Labute approximate surface area is 259 Å². The van der Waals surface area contributed by atoms with Crippen LogP contribution < -0.4 is 40.9 Å². The molecule has 0 saturated carbocycles. The lowest BCUT2D eigenvalue weighted by atomic mass is 10.2. The van der Waals surface area contributed by atoms with E-state index in [0.717, 1.165) is 16.3 Å². The molecule has 0 aliphatic heterocycles. The number of sulfonamides is 1. The van der Waals surface area contributed by atoms with Crippen LogP contribution in [0.5, 0.6) is 11.5 Å². The molecule has 0 spiro atoms. The smallest absolute Gasteiger partial charge is 0.340 e. The third-order valence-electron chi connectivity index (χ3n) is 6.20. The number of fused-ring (bicyclic) bond motifs is 3. The molecule has 0 fully saturated rings. The second kappa shape index (κ2) is 11.7. The molecule has 4 aromatic heterocycles. The number of nitrogens with two attached hydrogens (primary N) is 1. The number of nitrogens with one attached hydrogen (secondary N) is 6. The van der Waals surface area contributed by atoms with Crippen molar-refractivity contribution in [1.82, 2.24) is 24.9 Å². The van der Waals surface area contributed by atoms with Gasteiger partial charge in [0, 0.05) is 29.5 Å². The molecular weight excluding hydrogens is 627 g/mol. The molecule has 0 radical (unpaired) electrons. The number of hydrogen-bond donors (Lipinski definition) is 6. The van der Waals surface area contributed by atoms with Crippen molar-refractivity contribution in [3.8, 4) is 11.5 Å². The lowest BCUT2D eigenvalue weighted by Crippen LogP contribution is -2.22. The Kier molecular flexibility index (Phi) is 7.68. The average Bonchev–Trinajstić information content (AvgIpc) is 3.59. The topological polar surface area (TPSA) is 208 Å². The number of aromatic nitrogens is 6. The number of aromatic amines is 2. The number of anilines is 6. The van der Waals surface area contributed by atoms with Crippen LogP contribution in [-0.2, 0) is 10.0 Å². The minimum Gasteiger partial charge on any atom is -0.493 e. The van der Waals surface area contributed by atoms with Gasteiger partial charge in [0.15, 0.2) is 11.5 Å². The van der Waals surface area contributed by atoms with Crippen molar-refractivity contribution in [2.24, 2.45) is 0 Å². The maximum absolute atomic E-state index is 12.6. The van der Waals surface area contributed by atoms with Gasteiger partial charge in [-0.3, -0.25) is 0 Å². The lowest BCUT2D eigenvalue weighted by Gasteiger charge is -2.08. The summed E-state index contributed by atoms with van der Waals surface area (Å²) in [6, 6.07) is 11.3. The van der Waals surface area contributed by atoms with E-state index in [1.807, 2.05) is 12.1 Å². The summed E-state index contributed by atoms with van der Waals surface area (Å²) in [6.07, 6.45) is 4.64. The first-order valence-electron chi connectivity index (χ1n) is 12.7. The summed E-state index contributed by atoms with van der Waals surface area (Å²) >= 11 is 6.80. The van der Waals surface area contributed by atoms with Crippen LogP contribution in [0, 0.1) is 0 Å². The molecule has 18 heteroatoms. The minimum absolute atomic E-state index is 0.0175. The van der Waals surface area contributed by atoms with Crippen LogP contribution in [0.15, 0.2) is 66.0 Å². The number of hydrogen-bond acceptors (Lipinski definition) is 12. The number of thiazole rings is 1. The van der Waals surface area contributed by atoms with Crippen molar-refractivity contribution in [2.75, 3.05) is 40.6 Å². The zero-order chi connectivity index (χ0) is 30.8. The first kappa shape index (κ1) is 28.8. The van der Waals surface area contributed by atoms with Crippen molar-refractivity contribution in [2.45, 2.75) is 4.90 Å². The lowest BCUT2D eigenvalue weighted by molar-refractivity contribution is -0.353. The zero-order valence-corrected chi connectivity index (χ0v) is 25.4. The van der Waals surface area contributed by atoms with Gasteiger partial charge in [-0.1, -0.05) is 0 Å². The highest BCUT2D eigenvalue weighted by atomic mass is 32.2. The van der Waals surface area contributed by atoms with E-state index in [1.54, 1.807) is 38.6 Å². The van der Waals surface area contributed by atoms with Crippen molar-refractivity contribution >= 4 is 94.2 Å². The first-order valence-corrected chi connectivity index (χ1v) is 15.4. The number of nitrogen functional groups attached to an aromatic ring is 1. The molecule has 44 heavy (non-hydrogen) atoms. The van der Waals surface area contributed by atoms with Gasteiger partial charge >= 0.3 is 5.13 Å². The van der Waals surface area contributed by atoms with Gasteiger partial charge in [0.2, 0.25) is 11.9 Å². The normalized spacial score (nSPS) is 11.3. The van der Waals surface area contributed by atoms with Gasteiger partial charge in [0.1, 0.15) is 22.7 Å². The molecule has 6 rings (SSSR count). The van der Waals surface area contributed by atoms with Crippen molar-refractivity contribution in [3.05, 3.63) is 61.1 Å². The second-order valence-corrected chi connectivity index (χ2v) is 12.2. The number of rotatable bonds is 9. The maximum atomic E-state index is 12.6. The fourth-order valence-corrected chi connectivity index (χ4v) is 6.28. The third kappa shape index (κ3) is 5.93. The molecule has 2 aromatic carbocycles. The standard InChI is InChI=1S/C26H23N11O4S3/c1-40-17-10-15-16(11-18(17)41-2)32-21-20(15)22(35-23(27)34-21)33-19-12-30-26(43-19)36-25(42)31-13-4-6-14(7-5-13)44(38,39)37-24-28-8-3-9-29-24/h3-12H,1-2H3,(H,28,29,37)(H2,30,31,36,42)(H4,27,32,33,34,35)/p+1. The number of nitrogens with zero attached hydrogens (tertiary/aromatic N) is 4. The van der Waals surface area contributed by atoms with E-state index in [0.29, 0.717) is 38.8 Å². The quantitative estimate of drug-likeness (QED) is 0.123. The van der Waals surface area contributed by atoms with Crippen LogP contribution in [-0.4, -0.2) is 52.7 Å². The number of methoxy groups -OCH3 is 2. The molecule has 0 bridgehead atoms. The van der Waals surface area contributed by atoms with Crippen LogP contribution in [0.3, 0.4) is 0 Å². The van der Waals surface area contributed by atoms with Crippen LogP contribution in [0.2, 0.25) is 0 Å². The molecule has 4 heterocycles. The summed E-state index contributed by atoms with van der Waals surface area (Å²) < 4.78 is 38.5. The Morgan fingerprint density at radius 3 is 2.50 bits per heavy atom. The number of H-pyrrole nitrogens is 2. The van der Waals surface area contributed by atoms with Gasteiger partial charge in [0.05, 0.1) is 30.0 Å². The first-order chi connectivity index (χ1) is 21.2. The molecule has 224 valence electrons. The number of thiocarbonyl (C=S) groups is 1. The SMILES string of the molecule is COc1cc2[nH]c3nc(N)nc(Nc4c[nH+]c(NC(=S)Nc5ccc(S(=O)(=O)Nc6ncccn6)cc5)s4)c3c2cc1OC. The second-order valence-electron chi connectivity index (χ2n) is 9.02. The molecule has 0 amide bonds. The molecule has 0 aliphatic carbocycles. The minimum atomic E-state index is -3.85. The monoisotopic (exact) mass is 650 g/mol. The van der Waals surface area contributed by atoms with E-state index in [9.17, 15) is 8.42 Å². The third-order valence-corrected chi connectivity index (χ3v) is 8.61. The van der Waals surface area contributed by atoms with E-state index in [2.05, 4.69) is 50.6 Å². The summed E-state index contributed by atoms with van der Waals surface area (Å²) in [6.45, 7) is 0. The van der Waals surface area contributed by atoms with Crippen molar-refractivity contribution in [1.29, 1.82) is 0 Å². The molecule has 0 unspecified atom stereocenters. The van der Waals surface area contributed by atoms with Crippen LogP contribution >= 0.6 is 23.6 Å². The van der Waals surface area contributed by atoms with E-state index < -0.39 is 10.0 Å². The molecule has 6 aromatic rings. The highest BCUT2D eigenvalue weighted by Gasteiger charge is 2.19. The fourth-order valence-electron chi connectivity index (χ4n) is 4.28. The van der Waals surface area contributed by atoms with E-state index in [-0.39, 0.29) is 21.9 Å². The predicted octanol–water partition coefficient (Wildman–Crippen LogP) is 3.73. The summed E-state index contributed by atoms with van der Waals surface area (Å²) in [5.41, 5.74) is 7.92. The zero-order valence-electron chi connectivity index (χ0n) is 23.0. The Bertz CT molecular complexity index is 2100. The van der Waals surface area contributed by atoms with E-state index >= 15 is 0 Å². The van der Waals surface area contributed by atoms with Gasteiger partial charge < -0.3 is 30.8 Å². The highest BCUT2D eigenvalue weighted by Crippen LogP contribution is 2.38. The van der Waals surface area contributed by atoms with Crippen molar-refractivity contribution < 1.29 is 22.9 Å². The van der Waals surface area contributed by atoms with Crippen molar-refractivity contribution in [3.63, 3.8) is 0 Å². The summed E-state index contributed by atoms with van der Waals surface area (Å²) in [5, 5.41) is 12.6. The summed E-state index contributed by atoms with van der Waals surface area (Å²) in [7, 11) is -0.712. The van der Waals surface area contributed by atoms with E-state index in [4.69, 9.17) is 27.4 Å². The van der Waals surface area contributed by atoms with Crippen LogP contribution in [0.4, 0.5) is 33.5 Å². The Balaban J connectivity index is 1.15. The Hall–Kier alpha value is -5.33. The highest BCUT2D eigenvalue weighted by molar-refractivity contribution is 7.92. The molecule has 8 N–H and O–H groups in total. The van der Waals surface area contributed by atoms with Crippen LogP contribution in [0.25, 0.3) is 21.9 Å². The Morgan fingerprint density at radius 1 is 1.05 bits per heavy atom. The molecule has 0 aliphatic rings. The fraction of sp³-hybridized carbons (Fsp3) is 0.0769. The average molecular weight is 651 g/mol. The molecular formula is C26H24N11O4S3+. The summed E-state index contributed by atoms with van der Waals surface area (Å²) in [4.78, 5) is 23.0. The molecule has 0 atom stereocenters. The Morgan fingerprint density at radius 2 is 1.77 bits per heavy atom. The van der Waals surface area contributed by atoms with Gasteiger partial charge in [0.25, 0.3) is 15.1 Å². The van der Waals surface area contributed by atoms with Gasteiger partial charge in [-0.25, -0.2) is 33.4 Å². The van der Waals surface area contributed by atoms with Crippen LogP contribution in [0.1, 0.15) is 0 Å². The number of benzene rings is 2. The largest absolute Gasteiger partial charge is 0.493 e. The molecule has 0 saturated heterocycles. The van der Waals surface area contributed by atoms with Gasteiger partial charge in [-0.2, -0.15) is 9.97 Å². The van der Waals surface area contributed by atoms with Gasteiger partial charge in [-0.15, -0.1) is 0 Å². The van der Waals surface area contributed by atoms with E-state index in [1.165, 1.54) is 35.9 Å². The predicted molar refractivity (Wildman–Crippen MR) is 172 cm³/mol. The summed E-state index contributed by atoms with van der Waals surface area (Å²) in [5.74, 6) is 1.72.